The highest BCUT2D eigenvalue weighted by Crippen LogP contribution is 2.19. The van der Waals surface area contributed by atoms with Crippen LogP contribution in [0, 0.1) is 6.92 Å². The molecular weight excluding hydrogens is 252 g/mol. The van der Waals surface area contributed by atoms with Gasteiger partial charge < -0.3 is 10.5 Å². The van der Waals surface area contributed by atoms with E-state index >= 15 is 0 Å². The number of hydroxylamine groups is 2. The van der Waals surface area contributed by atoms with Gasteiger partial charge in [-0.05, 0) is 18.6 Å². The van der Waals surface area contributed by atoms with Crippen LogP contribution in [0.25, 0.3) is 11.3 Å². The van der Waals surface area contributed by atoms with Gasteiger partial charge in [-0.25, -0.2) is 0 Å². The molecule has 1 aromatic carbocycles. The number of benzene rings is 1. The van der Waals surface area contributed by atoms with Crippen LogP contribution in [0.4, 0.5) is 5.82 Å². The van der Waals surface area contributed by atoms with Gasteiger partial charge in [0.15, 0.2) is 5.82 Å². The number of hydrogen-bond donors (Lipinski definition) is 2. The fourth-order valence-electron chi connectivity index (χ4n) is 1.87. The van der Waals surface area contributed by atoms with Crippen molar-refractivity contribution in [2.45, 2.75) is 13.8 Å². The van der Waals surface area contributed by atoms with Gasteiger partial charge in [0.2, 0.25) is 0 Å². The third-order valence-electron chi connectivity index (χ3n) is 3.08. The van der Waals surface area contributed by atoms with Crippen molar-refractivity contribution in [3.05, 3.63) is 42.0 Å². The lowest BCUT2D eigenvalue weighted by Crippen LogP contribution is -2.25. The first-order valence-electron chi connectivity index (χ1n) is 6.78. The molecule has 0 bridgehead atoms. The van der Waals surface area contributed by atoms with Gasteiger partial charge in [0.05, 0.1) is 5.69 Å². The lowest BCUT2D eigenvalue weighted by Gasteiger charge is -2.13. The summed E-state index contributed by atoms with van der Waals surface area (Å²) in [5.74, 6) is 0.759. The minimum atomic E-state index is 0.554. The van der Waals surface area contributed by atoms with Crippen LogP contribution in [0.5, 0.6) is 0 Å². The molecule has 0 radical (unpaired) electrons. The third-order valence-corrected chi connectivity index (χ3v) is 3.08. The SMILES string of the molecule is CCN(O)CCNc1nnc(-c2ccccc2)cc1C. The Morgan fingerprint density at radius 3 is 2.60 bits per heavy atom. The van der Waals surface area contributed by atoms with Crippen molar-refractivity contribution >= 4 is 5.82 Å². The Hall–Kier alpha value is -1.98. The van der Waals surface area contributed by atoms with Crippen LogP contribution in [0.15, 0.2) is 36.4 Å². The number of rotatable bonds is 6. The van der Waals surface area contributed by atoms with Crippen molar-refractivity contribution in [2.24, 2.45) is 0 Å². The number of aromatic nitrogens is 2. The zero-order valence-electron chi connectivity index (χ0n) is 11.9. The summed E-state index contributed by atoms with van der Waals surface area (Å²) in [5, 5.41) is 22.3. The zero-order chi connectivity index (χ0) is 14.4. The average Bonchev–Trinajstić information content (AvgIpc) is 2.49. The smallest absolute Gasteiger partial charge is 0.151 e. The molecule has 0 saturated carbocycles. The summed E-state index contributed by atoms with van der Waals surface area (Å²) in [7, 11) is 0. The lowest BCUT2D eigenvalue weighted by atomic mass is 10.1. The molecule has 0 aliphatic heterocycles. The van der Waals surface area contributed by atoms with Crippen LogP contribution >= 0.6 is 0 Å². The molecule has 0 atom stereocenters. The van der Waals surface area contributed by atoms with Crippen molar-refractivity contribution in [2.75, 3.05) is 25.0 Å². The van der Waals surface area contributed by atoms with Gasteiger partial charge in [0.25, 0.3) is 0 Å². The quantitative estimate of drug-likeness (QED) is 0.791. The van der Waals surface area contributed by atoms with Gasteiger partial charge in [-0.2, -0.15) is 5.06 Å². The molecule has 0 spiro atoms. The largest absolute Gasteiger partial charge is 0.367 e. The zero-order valence-corrected chi connectivity index (χ0v) is 11.9. The first-order chi connectivity index (χ1) is 9.70. The molecule has 1 aromatic heterocycles. The molecule has 5 nitrogen and oxygen atoms in total. The molecule has 1 heterocycles. The second-order valence-corrected chi connectivity index (χ2v) is 4.60. The van der Waals surface area contributed by atoms with Crippen molar-refractivity contribution in [1.82, 2.24) is 15.3 Å². The van der Waals surface area contributed by atoms with Crippen LogP contribution in [0.2, 0.25) is 0 Å². The van der Waals surface area contributed by atoms with E-state index in [-0.39, 0.29) is 0 Å². The minimum Gasteiger partial charge on any atom is -0.367 e. The van der Waals surface area contributed by atoms with Gasteiger partial charge >= 0.3 is 0 Å². The number of anilines is 1. The summed E-state index contributed by atoms with van der Waals surface area (Å²) in [6, 6.07) is 12.0. The molecule has 0 saturated heterocycles. The Labute approximate surface area is 119 Å². The van der Waals surface area contributed by atoms with E-state index in [0.29, 0.717) is 19.6 Å². The van der Waals surface area contributed by atoms with Crippen molar-refractivity contribution in [3.63, 3.8) is 0 Å². The summed E-state index contributed by atoms with van der Waals surface area (Å²) in [6.07, 6.45) is 0. The molecule has 0 aliphatic carbocycles. The number of nitrogens with zero attached hydrogens (tertiary/aromatic N) is 3. The highest BCUT2D eigenvalue weighted by Gasteiger charge is 2.05. The standard InChI is InChI=1S/C15H20N4O/c1-3-19(20)10-9-16-15-12(2)11-14(17-18-15)13-7-5-4-6-8-13/h4-8,11,20H,3,9-10H2,1-2H3,(H,16,18). The molecule has 20 heavy (non-hydrogen) atoms. The Bertz CT molecular complexity index is 545. The molecule has 0 unspecified atom stereocenters. The molecule has 2 aromatic rings. The maximum Gasteiger partial charge on any atom is 0.151 e. The van der Waals surface area contributed by atoms with E-state index in [1.807, 2.05) is 50.2 Å². The summed E-state index contributed by atoms with van der Waals surface area (Å²) in [4.78, 5) is 0. The van der Waals surface area contributed by atoms with Gasteiger partial charge in [-0.15, -0.1) is 10.2 Å². The Morgan fingerprint density at radius 1 is 1.20 bits per heavy atom. The predicted molar refractivity (Wildman–Crippen MR) is 79.7 cm³/mol. The fraction of sp³-hybridized carbons (Fsp3) is 0.333. The molecule has 0 aliphatic rings. The maximum atomic E-state index is 9.36. The topological polar surface area (TPSA) is 61.3 Å². The van der Waals surface area contributed by atoms with E-state index in [2.05, 4.69) is 15.5 Å². The van der Waals surface area contributed by atoms with Gasteiger partial charge in [0, 0.05) is 25.2 Å². The molecular formula is C15H20N4O. The Balaban J connectivity index is 2.03. The summed E-state index contributed by atoms with van der Waals surface area (Å²) >= 11 is 0. The van der Waals surface area contributed by atoms with Crippen LogP contribution in [-0.4, -0.2) is 40.1 Å². The predicted octanol–water partition coefficient (Wildman–Crippen LogP) is 2.58. The maximum absolute atomic E-state index is 9.36. The number of likely N-dealkylation sites (N-methyl/N-ethyl adjacent to an activating group) is 1. The Kier molecular flexibility index (Phi) is 5.03. The minimum absolute atomic E-state index is 0.554. The first-order valence-corrected chi connectivity index (χ1v) is 6.78. The highest BCUT2D eigenvalue weighted by atomic mass is 16.5. The molecule has 2 N–H and O–H groups in total. The van der Waals surface area contributed by atoms with Gasteiger partial charge in [-0.3, -0.25) is 0 Å². The van der Waals surface area contributed by atoms with Crippen LogP contribution in [0.3, 0.4) is 0 Å². The molecule has 2 rings (SSSR count). The highest BCUT2D eigenvalue weighted by molar-refractivity contribution is 5.61. The van der Waals surface area contributed by atoms with Crippen molar-refractivity contribution in [3.8, 4) is 11.3 Å². The number of nitrogens with one attached hydrogen (secondary N) is 1. The molecule has 106 valence electrons. The summed E-state index contributed by atoms with van der Waals surface area (Å²) < 4.78 is 0. The average molecular weight is 272 g/mol. The summed E-state index contributed by atoms with van der Waals surface area (Å²) in [5.41, 5.74) is 2.97. The number of hydrogen-bond acceptors (Lipinski definition) is 5. The van der Waals surface area contributed by atoms with Gasteiger partial charge in [0.1, 0.15) is 0 Å². The van der Waals surface area contributed by atoms with E-state index in [0.717, 1.165) is 22.6 Å². The molecule has 5 heteroatoms. The van der Waals surface area contributed by atoms with Crippen molar-refractivity contribution < 1.29 is 5.21 Å². The lowest BCUT2D eigenvalue weighted by molar-refractivity contribution is -0.0823. The fourth-order valence-corrected chi connectivity index (χ4v) is 1.87. The second kappa shape index (κ2) is 6.98. The van der Waals surface area contributed by atoms with Crippen LogP contribution < -0.4 is 5.32 Å². The summed E-state index contributed by atoms with van der Waals surface area (Å²) in [6.45, 7) is 5.70. The third kappa shape index (κ3) is 3.76. The van der Waals surface area contributed by atoms with Crippen LogP contribution in [0.1, 0.15) is 12.5 Å². The van der Waals surface area contributed by atoms with Crippen molar-refractivity contribution in [1.29, 1.82) is 0 Å². The van der Waals surface area contributed by atoms with E-state index in [9.17, 15) is 5.21 Å². The second-order valence-electron chi connectivity index (χ2n) is 4.60. The monoisotopic (exact) mass is 272 g/mol. The molecule has 0 fully saturated rings. The molecule has 0 amide bonds. The normalized spacial score (nSPS) is 10.8. The van der Waals surface area contributed by atoms with Crippen LogP contribution in [-0.2, 0) is 0 Å². The van der Waals surface area contributed by atoms with E-state index in [4.69, 9.17) is 0 Å². The van der Waals surface area contributed by atoms with E-state index in [1.165, 1.54) is 5.06 Å². The van der Waals surface area contributed by atoms with Gasteiger partial charge in [-0.1, -0.05) is 37.3 Å². The number of aryl methyl sites for hydroxylation is 1. The van der Waals surface area contributed by atoms with E-state index in [1.54, 1.807) is 0 Å². The first kappa shape index (κ1) is 14.4. The van der Waals surface area contributed by atoms with E-state index < -0.39 is 0 Å². The Morgan fingerprint density at radius 2 is 1.95 bits per heavy atom.